The molecule has 1 aromatic heterocycles. The molecule has 2 N–H and O–H groups in total. The summed E-state index contributed by atoms with van der Waals surface area (Å²) in [5, 5.41) is 9.22. The molecule has 0 fully saturated rings. The third-order valence-electron chi connectivity index (χ3n) is 6.82. The van der Waals surface area contributed by atoms with Gasteiger partial charge in [-0.15, -0.1) is 0 Å². The number of anilines is 2. The lowest BCUT2D eigenvalue weighted by molar-refractivity contribution is -0.137. The molecule has 3 amide bonds. The summed E-state index contributed by atoms with van der Waals surface area (Å²) >= 11 is 6.24. The molecular weight excluding hydrogens is 611 g/mol. The van der Waals surface area contributed by atoms with Crippen molar-refractivity contribution in [3.8, 4) is 11.5 Å². The van der Waals surface area contributed by atoms with Gasteiger partial charge in [-0.3, -0.25) is 19.5 Å². The molecule has 0 bridgehead atoms. The van der Waals surface area contributed by atoms with Crippen LogP contribution in [-0.4, -0.2) is 27.9 Å². The Morgan fingerprint density at radius 3 is 2.30 bits per heavy atom. The molecule has 14 heteroatoms. The van der Waals surface area contributed by atoms with E-state index in [4.69, 9.17) is 16.3 Å². The van der Waals surface area contributed by atoms with Crippen molar-refractivity contribution in [2.45, 2.75) is 13.1 Å². The summed E-state index contributed by atoms with van der Waals surface area (Å²) in [7, 11) is 0. The Morgan fingerprint density at radius 1 is 0.955 bits per heavy atom. The Kier molecular flexibility index (Phi) is 6.84. The third-order valence-corrected chi connectivity index (χ3v) is 7.13. The van der Waals surface area contributed by atoms with E-state index in [1.54, 1.807) is 19.1 Å². The molecule has 222 valence electrons. The van der Waals surface area contributed by atoms with Crippen LogP contribution in [0.1, 0.15) is 42.2 Å². The predicted octanol–water partition coefficient (Wildman–Crippen LogP) is 7.67. The Labute approximate surface area is 249 Å². The molecule has 1 aliphatic heterocycles. The molecule has 0 unspecified atom stereocenters. The SMILES string of the molecule is Cc1cc(NC(=O)c2cc(F)cc(C(F)(F)F)c2)c(Oc2cc(F)ccc2Cl)c2c(N3C(=O)c4ccccc4C3=O)n[nH]c12. The predicted molar refractivity (Wildman–Crippen MR) is 149 cm³/mol. The van der Waals surface area contributed by atoms with Gasteiger partial charge < -0.3 is 10.1 Å². The summed E-state index contributed by atoms with van der Waals surface area (Å²) in [6.07, 6.45) is -4.94. The summed E-state index contributed by atoms with van der Waals surface area (Å²) < 4.78 is 74.3. The maximum Gasteiger partial charge on any atom is 0.416 e. The maximum absolute atomic E-state index is 14.2. The number of imide groups is 1. The van der Waals surface area contributed by atoms with Crippen LogP contribution in [0.3, 0.4) is 0 Å². The quantitative estimate of drug-likeness (QED) is 0.154. The first-order valence-corrected chi connectivity index (χ1v) is 13.0. The highest BCUT2D eigenvalue weighted by molar-refractivity contribution is 6.36. The minimum atomic E-state index is -4.94. The monoisotopic (exact) mass is 626 g/mol. The van der Waals surface area contributed by atoms with Gasteiger partial charge in [-0.05, 0) is 61.0 Å². The molecule has 6 rings (SSSR count). The standard InChI is InChI=1S/C30H16ClF5N4O4/c1-13-8-21(37-27(41)14-9-15(30(34,35)36)11-17(33)10-14)25(44-22-12-16(32)6-7-20(22)31)23-24(13)38-39-26(23)40-28(42)18-4-2-3-5-19(18)29(40)43/h2-12H,1H3,(H,37,41)(H,38,39). The zero-order valence-electron chi connectivity index (χ0n) is 22.1. The summed E-state index contributed by atoms with van der Waals surface area (Å²) in [6, 6.07) is 11.9. The fraction of sp³-hybridized carbons (Fsp3) is 0.0667. The van der Waals surface area contributed by atoms with Gasteiger partial charge in [0, 0.05) is 11.6 Å². The molecule has 0 spiro atoms. The molecule has 8 nitrogen and oxygen atoms in total. The number of halogens is 6. The topological polar surface area (TPSA) is 104 Å². The number of carbonyl (C=O) groups is 3. The van der Waals surface area contributed by atoms with E-state index in [-0.39, 0.29) is 56.1 Å². The molecular formula is C30H16ClF5N4O4. The van der Waals surface area contributed by atoms with Crippen LogP contribution in [0, 0.1) is 18.6 Å². The van der Waals surface area contributed by atoms with Crippen molar-refractivity contribution in [1.82, 2.24) is 10.2 Å². The van der Waals surface area contributed by atoms with Crippen LogP contribution in [0.2, 0.25) is 5.02 Å². The number of aromatic nitrogens is 2. The number of nitrogens with one attached hydrogen (secondary N) is 2. The Balaban J connectivity index is 1.54. The van der Waals surface area contributed by atoms with Crippen molar-refractivity contribution in [2.24, 2.45) is 0 Å². The van der Waals surface area contributed by atoms with Gasteiger partial charge in [0.05, 0.1) is 38.3 Å². The minimum Gasteiger partial charge on any atom is -0.453 e. The van der Waals surface area contributed by atoms with Crippen LogP contribution < -0.4 is 15.0 Å². The van der Waals surface area contributed by atoms with Crippen LogP contribution in [0.25, 0.3) is 10.9 Å². The Morgan fingerprint density at radius 2 is 1.64 bits per heavy atom. The van der Waals surface area contributed by atoms with E-state index < -0.39 is 46.7 Å². The number of nitrogens with zero attached hydrogens (tertiary/aromatic N) is 2. The van der Waals surface area contributed by atoms with E-state index in [2.05, 4.69) is 15.5 Å². The van der Waals surface area contributed by atoms with Gasteiger partial charge in [-0.1, -0.05) is 23.7 Å². The van der Waals surface area contributed by atoms with Crippen molar-refractivity contribution < 1.29 is 41.1 Å². The lowest BCUT2D eigenvalue weighted by Gasteiger charge is -2.18. The number of carbonyl (C=O) groups excluding carboxylic acids is 3. The summed E-state index contributed by atoms with van der Waals surface area (Å²) in [5.41, 5.74) is -1.41. The first-order chi connectivity index (χ1) is 20.8. The molecule has 0 atom stereocenters. The van der Waals surface area contributed by atoms with E-state index in [1.165, 1.54) is 24.3 Å². The van der Waals surface area contributed by atoms with Gasteiger partial charge in [-0.2, -0.15) is 18.3 Å². The summed E-state index contributed by atoms with van der Waals surface area (Å²) in [5.74, 6) is -5.40. The van der Waals surface area contributed by atoms with Gasteiger partial charge >= 0.3 is 6.18 Å². The number of alkyl halides is 3. The third kappa shape index (κ3) is 4.90. The number of H-pyrrole nitrogens is 1. The highest BCUT2D eigenvalue weighted by Crippen LogP contribution is 2.45. The molecule has 0 radical (unpaired) electrons. The van der Waals surface area contributed by atoms with Crippen LogP contribution in [0.4, 0.5) is 33.5 Å². The van der Waals surface area contributed by atoms with E-state index >= 15 is 0 Å². The Bertz CT molecular complexity index is 2010. The molecule has 1 aliphatic rings. The van der Waals surface area contributed by atoms with Crippen molar-refractivity contribution in [3.63, 3.8) is 0 Å². The lowest BCUT2D eigenvalue weighted by Crippen LogP contribution is -2.30. The number of benzene rings is 4. The number of ether oxygens (including phenoxy) is 1. The Hall–Kier alpha value is -5.30. The average Bonchev–Trinajstić information content (AvgIpc) is 3.51. The number of rotatable bonds is 5. The highest BCUT2D eigenvalue weighted by Gasteiger charge is 2.40. The van der Waals surface area contributed by atoms with Gasteiger partial charge in [0.1, 0.15) is 17.4 Å². The molecule has 5 aromatic rings. The number of hydrogen-bond acceptors (Lipinski definition) is 5. The number of amides is 3. The number of fused-ring (bicyclic) bond motifs is 2. The van der Waals surface area contributed by atoms with E-state index in [9.17, 15) is 36.3 Å². The van der Waals surface area contributed by atoms with Gasteiger partial charge in [0.25, 0.3) is 17.7 Å². The smallest absolute Gasteiger partial charge is 0.416 e. The largest absolute Gasteiger partial charge is 0.453 e. The van der Waals surface area contributed by atoms with E-state index in [0.717, 1.165) is 17.0 Å². The van der Waals surface area contributed by atoms with Gasteiger partial charge in [0.15, 0.2) is 11.6 Å². The number of aryl methyl sites for hydroxylation is 1. The second-order valence-corrected chi connectivity index (χ2v) is 10.1. The molecule has 0 saturated carbocycles. The molecule has 0 aliphatic carbocycles. The molecule has 44 heavy (non-hydrogen) atoms. The fourth-order valence-electron chi connectivity index (χ4n) is 4.81. The highest BCUT2D eigenvalue weighted by atomic mass is 35.5. The molecule has 2 heterocycles. The van der Waals surface area contributed by atoms with Crippen molar-refractivity contribution in [2.75, 3.05) is 10.2 Å². The van der Waals surface area contributed by atoms with Crippen molar-refractivity contribution >= 4 is 51.7 Å². The van der Waals surface area contributed by atoms with Crippen molar-refractivity contribution in [3.05, 3.63) is 111 Å². The number of aromatic amines is 1. The lowest BCUT2D eigenvalue weighted by atomic mass is 10.1. The average molecular weight is 627 g/mol. The minimum absolute atomic E-state index is 0.0228. The molecule has 4 aromatic carbocycles. The van der Waals surface area contributed by atoms with Crippen LogP contribution >= 0.6 is 11.6 Å². The summed E-state index contributed by atoms with van der Waals surface area (Å²) in [6.45, 7) is 1.57. The first-order valence-electron chi connectivity index (χ1n) is 12.6. The number of hydrogen-bond donors (Lipinski definition) is 2. The van der Waals surface area contributed by atoms with Gasteiger partial charge in [-0.25, -0.2) is 13.7 Å². The van der Waals surface area contributed by atoms with Crippen molar-refractivity contribution in [1.29, 1.82) is 0 Å². The van der Waals surface area contributed by atoms with E-state index in [0.29, 0.717) is 17.7 Å². The van der Waals surface area contributed by atoms with Crippen LogP contribution in [-0.2, 0) is 6.18 Å². The second-order valence-electron chi connectivity index (χ2n) is 9.72. The van der Waals surface area contributed by atoms with Crippen LogP contribution in [0.5, 0.6) is 11.5 Å². The maximum atomic E-state index is 14.2. The van der Waals surface area contributed by atoms with Crippen LogP contribution in [0.15, 0.2) is 66.7 Å². The molecule has 0 saturated heterocycles. The van der Waals surface area contributed by atoms with Gasteiger partial charge in [0.2, 0.25) is 0 Å². The second kappa shape index (κ2) is 10.5. The normalized spacial score (nSPS) is 13.0. The fourth-order valence-corrected chi connectivity index (χ4v) is 4.96. The zero-order chi connectivity index (χ0) is 31.5. The zero-order valence-corrected chi connectivity index (χ0v) is 22.9. The first kappa shape index (κ1) is 28.8. The van der Waals surface area contributed by atoms with E-state index in [1.807, 2.05) is 0 Å². The summed E-state index contributed by atoms with van der Waals surface area (Å²) in [4.78, 5) is 40.7.